The Labute approximate surface area is 221 Å². The van der Waals surface area contributed by atoms with Crippen molar-refractivity contribution in [2.24, 2.45) is 0 Å². The average molecular weight is 491 g/mol. The fourth-order valence-electron chi connectivity index (χ4n) is 5.41. The Hall–Kier alpha value is -4.83. The minimum absolute atomic E-state index is 0.139. The van der Waals surface area contributed by atoms with E-state index in [1.807, 2.05) is 13.0 Å². The first-order valence-electron chi connectivity index (χ1n) is 13.0. The van der Waals surface area contributed by atoms with E-state index in [0.29, 0.717) is 5.82 Å². The monoisotopic (exact) mass is 490 g/mol. The Kier molecular flexibility index (Phi) is 5.44. The second kappa shape index (κ2) is 9.24. The normalized spacial score (nSPS) is 15.2. The van der Waals surface area contributed by atoms with Gasteiger partial charge in [-0.3, -0.25) is 0 Å². The quantitative estimate of drug-likeness (QED) is 0.251. The maximum atomic E-state index is 4.91. The predicted octanol–water partition coefficient (Wildman–Crippen LogP) is 8.07. The molecule has 0 amide bonds. The molecule has 6 aromatic rings. The highest BCUT2D eigenvalue weighted by Crippen LogP contribution is 2.33. The molecule has 1 unspecified atom stereocenters. The number of nitrogens with zero attached hydrogens (tertiary/aromatic N) is 4. The highest BCUT2D eigenvalue weighted by molar-refractivity contribution is 6.09. The van der Waals surface area contributed by atoms with Crippen molar-refractivity contribution in [1.29, 1.82) is 0 Å². The number of aromatic nitrogens is 4. The molecular weight excluding hydrogens is 464 g/mol. The van der Waals surface area contributed by atoms with Gasteiger partial charge in [0, 0.05) is 27.9 Å². The third-order valence-corrected chi connectivity index (χ3v) is 7.27. The van der Waals surface area contributed by atoms with Gasteiger partial charge in [0.15, 0.2) is 5.82 Å². The second-order valence-electron chi connectivity index (χ2n) is 9.71. The van der Waals surface area contributed by atoms with Crippen molar-refractivity contribution in [1.82, 2.24) is 19.5 Å². The van der Waals surface area contributed by atoms with Crippen molar-refractivity contribution in [2.45, 2.75) is 19.3 Å². The van der Waals surface area contributed by atoms with Crippen LogP contribution in [0.25, 0.3) is 44.5 Å². The molecule has 1 aliphatic rings. The standard InChI is InChI=1S/C34H26N4/c1-23-35-33(26-17-15-25(16-18-26)24-9-3-2-4-10-24)37-34(36-23)27-19-21-28(22-20-27)38-31-13-7-5-11-29(31)30-12-6-8-14-32(30)38/h2-17,19-22,26H,18H2,1H3. The van der Waals surface area contributed by atoms with E-state index in [9.17, 15) is 0 Å². The van der Waals surface area contributed by atoms with E-state index in [0.717, 1.165) is 29.3 Å². The summed E-state index contributed by atoms with van der Waals surface area (Å²) >= 11 is 0. The predicted molar refractivity (Wildman–Crippen MR) is 155 cm³/mol. The molecule has 1 atom stereocenters. The van der Waals surface area contributed by atoms with Crippen molar-refractivity contribution in [3.05, 3.63) is 139 Å². The van der Waals surface area contributed by atoms with Crippen LogP contribution in [0, 0.1) is 6.92 Å². The van der Waals surface area contributed by atoms with E-state index >= 15 is 0 Å². The van der Waals surface area contributed by atoms with Gasteiger partial charge in [-0.25, -0.2) is 15.0 Å². The molecule has 4 nitrogen and oxygen atoms in total. The summed E-state index contributed by atoms with van der Waals surface area (Å²) in [5, 5.41) is 2.52. The molecular formula is C34H26N4. The van der Waals surface area contributed by atoms with E-state index in [1.165, 1.54) is 32.9 Å². The minimum atomic E-state index is 0.139. The van der Waals surface area contributed by atoms with Crippen LogP contribution in [0.4, 0.5) is 0 Å². The number of rotatable bonds is 4. The van der Waals surface area contributed by atoms with Gasteiger partial charge in [-0.1, -0.05) is 85.0 Å². The number of hydrogen-bond donors (Lipinski definition) is 0. The number of fused-ring (bicyclic) bond motifs is 3. The van der Waals surface area contributed by atoms with Crippen LogP contribution in [0.15, 0.2) is 121 Å². The lowest BCUT2D eigenvalue weighted by atomic mass is 9.92. The van der Waals surface area contributed by atoms with Crippen molar-refractivity contribution in [3.8, 4) is 17.1 Å². The van der Waals surface area contributed by atoms with Gasteiger partial charge in [-0.15, -0.1) is 0 Å². The average Bonchev–Trinajstić information content (AvgIpc) is 3.32. The van der Waals surface area contributed by atoms with Gasteiger partial charge in [0.1, 0.15) is 11.6 Å². The van der Waals surface area contributed by atoms with E-state index < -0.39 is 0 Å². The molecule has 38 heavy (non-hydrogen) atoms. The number of aryl methyl sites for hydroxylation is 1. The molecule has 2 heterocycles. The summed E-state index contributed by atoms with van der Waals surface area (Å²) in [4.78, 5) is 14.3. The van der Waals surface area contributed by atoms with Gasteiger partial charge in [-0.05, 0) is 60.9 Å². The number of hydrogen-bond acceptors (Lipinski definition) is 3. The molecule has 4 heteroatoms. The molecule has 0 fully saturated rings. The highest BCUT2D eigenvalue weighted by Gasteiger charge is 2.18. The maximum absolute atomic E-state index is 4.91. The van der Waals surface area contributed by atoms with Crippen LogP contribution in [-0.4, -0.2) is 19.5 Å². The van der Waals surface area contributed by atoms with Gasteiger partial charge in [0.05, 0.1) is 11.0 Å². The first-order chi connectivity index (χ1) is 18.7. The van der Waals surface area contributed by atoms with Crippen molar-refractivity contribution < 1.29 is 0 Å². The lowest BCUT2D eigenvalue weighted by molar-refractivity contribution is 0.751. The van der Waals surface area contributed by atoms with E-state index in [-0.39, 0.29) is 5.92 Å². The Bertz CT molecular complexity index is 1790. The smallest absolute Gasteiger partial charge is 0.163 e. The van der Waals surface area contributed by atoms with E-state index in [2.05, 4.69) is 125 Å². The van der Waals surface area contributed by atoms with Crippen LogP contribution in [0.5, 0.6) is 0 Å². The first kappa shape index (κ1) is 22.4. The summed E-state index contributed by atoms with van der Waals surface area (Å²) in [6, 6.07) is 36.1. The van der Waals surface area contributed by atoms with Crippen LogP contribution in [0.3, 0.4) is 0 Å². The van der Waals surface area contributed by atoms with Crippen molar-refractivity contribution in [2.75, 3.05) is 0 Å². The van der Waals surface area contributed by atoms with Gasteiger partial charge >= 0.3 is 0 Å². The maximum Gasteiger partial charge on any atom is 0.163 e. The van der Waals surface area contributed by atoms with E-state index in [1.54, 1.807) is 0 Å². The fraction of sp³-hybridized carbons (Fsp3) is 0.0882. The number of benzene rings is 4. The zero-order chi connectivity index (χ0) is 25.5. The molecule has 0 aliphatic heterocycles. The Balaban J connectivity index is 1.21. The molecule has 7 rings (SSSR count). The Morgan fingerprint density at radius 2 is 1.32 bits per heavy atom. The third kappa shape index (κ3) is 3.91. The summed E-state index contributed by atoms with van der Waals surface area (Å²) < 4.78 is 2.32. The summed E-state index contributed by atoms with van der Waals surface area (Å²) in [5.41, 5.74) is 6.98. The lowest BCUT2D eigenvalue weighted by Gasteiger charge is -2.16. The molecule has 0 saturated heterocycles. The molecule has 0 saturated carbocycles. The Morgan fingerprint density at radius 1 is 0.658 bits per heavy atom. The van der Waals surface area contributed by atoms with Crippen LogP contribution in [-0.2, 0) is 0 Å². The van der Waals surface area contributed by atoms with Crippen molar-refractivity contribution >= 4 is 27.4 Å². The molecule has 2 aromatic heterocycles. The van der Waals surface area contributed by atoms with Gasteiger partial charge in [0.2, 0.25) is 0 Å². The molecule has 0 N–H and O–H groups in total. The van der Waals surface area contributed by atoms with Crippen LogP contribution in [0.2, 0.25) is 0 Å². The largest absolute Gasteiger partial charge is 0.309 e. The molecule has 0 spiro atoms. The summed E-state index contributed by atoms with van der Waals surface area (Å²) in [7, 11) is 0. The molecule has 0 radical (unpaired) electrons. The summed E-state index contributed by atoms with van der Waals surface area (Å²) in [5.74, 6) is 2.41. The first-order valence-corrected chi connectivity index (χ1v) is 13.0. The second-order valence-corrected chi connectivity index (χ2v) is 9.71. The summed E-state index contributed by atoms with van der Waals surface area (Å²) in [6.07, 6.45) is 7.55. The van der Waals surface area contributed by atoms with E-state index in [4.69, 9.17) is 9.97 Å². The topological polar surface area (TPSA) is 43.6 Å². The van der Waals surface area contributed by atoms with Crippen LogP contribution in [0.1, 0.15) is 29.6 Å². The minimum Gasteiger partial charge on any atom is -0.309 e. The van der Waals surface area contributed by atoms with Gasteiger partial charge in [0.25, 0.3) is 0 Å². The Morgan fingerprint density at radius 3 is 1.97 bits per heavy atom. The molecule has 182 valence electrons. The third-order valence-electron chi connectivity index (χ3n) is 7.27. The zero-order valence-electron chi connectivity index (χ0n) is 21.1. The lowest BCUT2D eigenvalue weighted by Crippen LogP contribution is -2.08. The SMILES string of the molecule is Cc1nc(-c2ccc(-n3c4ccccc4c4ccccc43)cc2)nc(C2C=CC(c3ccccc3)=CC2)n1. The highest BCUT2D eigenvalue weighted by atomic mass is 15.0. The molecule has 0 bridgehead atoms. The summed E-state index contributed by atoms with van der Waals surface area (Å²) in [6.45, 7) is 1.94. The van der Waals surface area contributed by atoms with Gasteiger partial charge < -0.3 is 4.57 Å². The zero-order valence-corrected chi connectivity index (χ0v) is 21.1. The number of para-hydroxylation sites is 2. The van der Waals surface area contributed by atoms with Crippen LogP contribution >= 0.6 is 0 Å². The number of allylic oxidation sites excluding steroid dienone is 4. The van der Waals surface area contributed by atoms with Crippen LogP contribution < -0.4 is 0 Å². The molecule has 4 aromatic carbocycles. The van der Waals surface area contributed by atoms with Gasteiger partial charge in [-0.2, -0.15) is 0 Å². The molecule has 1 aliphatic carbocycles. The fourth-order valence-corrected chi connectivity index (χ4v) is 5.41. The van der Waals surface area contributed by atoms with Crippen molar-refractivity contribution in [3.63, 3.8) is 0 Å².